The van der Waals surface area contributed by atoms with Crippen LogP contribution in [0.2, 0.25) is 0 Å². The Labute approximate surface area is 187 Å². The summed E-state index contributed by atoms with van der Waals surface area (Å²) in [4.78, 5) is 15.8. The summed E-state index contributed by atoms with van der Waals surface area (Å²) >= 11 is 1.41. The van der Waals surface area contributed by atoms with Crippen LogP contribution in [-0.4, -0.2) is 74.6 Å². The van der Waals surface area contributed by atoms with E-state index in [-0.39, 0.29) is 5.12 Å². The van der Waals surface area contributed by atoms with Crippen molar-refractivity contribution >= 4 is 28.6 Å². The van der Waals surface area contributed by atoms with Gasteiger partial charge in [0, 0.05) is 57.2 Å². The Hall–Kier alpha value is -1.98. The van der Waals surface area contributed by atoms with Gasteiger partial charge in [-0.15, -0.1) is 0 Å². The SMILES string of the molecule is CC(=O)SCCCN1CC=CC=C1C=Cc1ccc(N(C)CCC[N+](C)(C)C)cc1. The maximum absolute atomic E-state index is 11.1. The molecule has 0 spiro atoms. The molecule has 1 aliphatic heterocycles. The molecule has 1 aromatic carbocycles. The Bertz CT molecular complexity index is 760. The first-order chi connectivity index (χ1) is 14.2. The van der Waals surface area contributed by atoms with E-state index in [2.05, 4.69) is 92.6 Å². The fourth-order valence-corrected chi connectivity index (χ4v) is 3.91. The summed E-state index contributed by atoms with van der Waals surface area (Å²) in [5.74, 6) is 0.885. The van der Waals surface area contributed by atoms with Gasteiger partial charge in [0.05, 0.1) is 27.7 Å². The van der Waals surface area contributed by atoms with Crippen molar-refractivity contribution < 1.29 is 9.28 Å². The lowest BCUT2D eigenvalue weighted by atomic mass is 10.1. The number of rotatable bonds is 11. The first-order valence-corrected chi connectivity index (χ1v) is 11.8. The smallest absolute Gasteiger partial charge is 0.185 e. The number of carbonyl (C=O) groups excluding carboxylic acids is 1. The molecule has 4 nitrogen and oxygen atoms in total. The second-order valence-electron chi connectivity index (χ2n) is 8.87. The molecule has 164 valence electrons. The van der Waals surface area contributed by atoms with E-state index in [0.29, 0.717) is 0 Å². The van der Waals surface area contributed by atoms with E-state index in [1.54, 1.807) is 6.92 Å². The normalized spacial score (nSPS) is 14.3. The number of carbonyl (C=O) groups is 1. The number of hydrogen-bond donors (Lipinski definition) is 0. The molecule has 5 heteroatoms. The van der Waals surface area contributed by atoms with E-state index >= 15 is 0 Å². The molecule has 0 saturated heterocycles. The number of thioether (sulfide) groups is 1. The van der Waals surface area contributed by atoms with Crippen LogP contribution in [0.1, 0.15) is 25.3 Å². The van der Waals surface area contributed by atoms with E-state index in [1.807, 2.05) is 0 Å². The van der Waals surface area contributed by atoms with Crippen molar-refractivity contribution in [3.63, 3.8) is 0 Å². The highest BCUT2D eigenvalue weighted by Gasteiger charge is 2.09. The Kier molecular flexibility index (Phi) is 9.73. The Morgan fingerprint density at radius 3 is 2.57 bits per heavy atom. The molecule has 30 heavy (non-hydrogen) atoms. The second-order valence-corrected chi connectivity index (χ2v) is 10.1. The predicted octanol–water partition coefficient (Wildman–Crippen LogP) is 4.66. The summed E-state index contributed by atoms with van der Waals surface area (Å²) in [5.41, 5.74) is 3.70. The van der Waals surface area contributed by atoms with Crippen molar-refractivity contribution in [2.24, 2.45) is 0 Å². The van der Waals surface area contributed by atoms with Gasteiger partial charge in [-0.2, -0.15) is 0 Å². The van der Waals surface area contributed by atoms with Gasteiger partial charge in [0.15, 0.2) is 5.12 Å². The van der Waals surface area contributed by atoms with Crippen LogP contribution >= 0.6 is 11.8 Å². The number of anilines is 1. The predicted molar refractivity (Wildman–Crippen MR) is 133 cm³/mol. The molecule has 1 heterocycles. The molecule has 0 unspecified atom stereocenters. The maximum Gasteiger partial charge on any atom is 0.185 e. The average Bonchev–Trinajstić information content (AvgIpc) is 2.69. The van der Waals surface area contributed by atoms with Gasteiger partial charge in [-0.25, -0.2) is 0 Å². The molecule has 0 atom stereocenters. The van der Waals surface area contributed by atoms with E-state index in [0.717, 1.165) is 36.3 Å². The summed E-state index contributed by atoms with van der Waals surface area (Å²) in [5, 5.41) is 0.201. The fourth-order valence-electron chi connectivity index (χ4n) is 3.35. The molecule has 0 fully saturated rings. The minimum Gasteiger partial charge on any atom is -0.374 e. The van der Waals surface area contributed by atoms with Gasteiger partial charge in [0.1, 0.15) is 0 Å². The van der Waals surface area contributed by atoms with Crippen LogP contribution in [0.4, 0.5) is 5.69 Å². The molecule has 0 aliphatic carbocycles. The van der Waals surface area contributed by atoms with Crippen molar-refractivity contribution in [1.82, 2.24) is 4.90 Å². The Balaban J connectivity index is 1.87. The number of nitrogens with zero attached hydrogens (tertiary/aromatic N) is 3. The summed E-state index contributed by atoms with van der Waals surface area (Å²) in [6.07, 6.45) is 13.0. The molecular formula is C25H38N3OS+. The van der Waals surface area contributed by atoms with Crippen molar-refractivity contribution in [1.29, 1.82) is 0 Å². The minimum atomic E-state index is 0.201. The van der Waals surface area contributed by atoms with Crippen LogP contribution in [0, 0.1) is 0 Å². The molecule has 1 aliphatic rings. The van der Waals surface area contributed by atoms with Crippen LogP contribution in [0.3, 0.4) is 0 Å². The summed E-state index contributed by atoms with van der Waals surface area (Å²) in [6.45, 7) is 5.78. The Morgan fingerprint density at radius 2 is 1.90 bits per heavy atom. The molecule has 0 bridgehead atoms. The molecule has 0 amide bonds. The standard InChI is InChI=1S/C25H38N3OS/c1-22(29)30-21-9-19-27-18-7-6-10-25(27)16-13-23-11-14-24(15-12-23)26(2)17-8-20-28(3,4)5/h6-7,10-16H,8-9,17-21H2,1-5H3/q+1. The van der Waals surface area contributed by atoms with Gasteiger partial charge in [0.25, 0.3) is 0 Å². The molecular weight excluding hydrogens is 390 g/mol. The highest BCUT2D eigenvalue weighted by Crippen LogP contribution is 2.18. The van der Waals surface area contributed by atoms with Gasteiger partial charge in [-0.1, -0.05) is 42.1 Å². The maximum atomic E-state index is 11.1. The molecule has 2 rings (SSSR count). The molecule has 0 N–H and O–H groups in total. The number of allylic oxidation sites excluding steroid dienone is 3. The third-order valence-corrected chi connectivity index (χ3v) is 5.97. The zero-order valence-corrected chi connectivity index (χ0v) is 20.1. The summed E-state index contributed by atoms with van der Waals surface area (Å²) in [7, 11) is 8.89. The van der Waals surface area contributed by atoms with Crippen molar-refractivity contribution in [3.05, 3.63) is 59.8 Å². The van der Waals surface area contributed by atoms with Crippen LogP contribution < -0.4 is 4.90 Å². The number of hydrogen-bond acceptors (Lipinski definition) is 4. The van der Waals surface area contributed by atoms with E-state index < -0.39 is 0 Å². The summed E-state index contributed by atoms with van der Waals surface area (Å²) in [6, 6.07) is 8.79. The van der Waals surface area contributed by atoms with Gasteiger partial charge in [-0.3, -0.25) is 4.79 Å². The zero-order valence-electron chi connectivity index (χ0n) is 19.3. The molecule has 1 aromatic rings. The molecule has 0 saturated carbocycles. The largest absolute Gasteiger partial charge is 0.374 e. The van der Waals surface area contributed by atoms with Crippen LogP contribution in [0.5, 0.6) is 0 Å². The first-order valence-electron chi connectivity index (χ1n) is 10.8. The fraction of sp³-hybridized carbons (Fsp3) is 0.480. The highest BCUT2D eigenvalue weighted by molar-refractivity contribution is 8.13. The minimum absolute atomic E-state index is 0.201. The van der Waals surface area contributed by atoms with Gasteiger partial charge < -0.3 is 14.3 Å². The summed E-state index contributed by atoms with van der Waals surface area (Å²) < 4.78 is 1.01. The van der Waals surface area contributed by atoms with Crippen molar-refractivity contribution in [3.8, 4) is 0 Å². The third-order valence-electron chi connectivity index (χ3n) is 5.07. The second kappa shape index (κ2) is 12.0. The quantitative estimate of drug-likeness (QED) is 0.378. The highest BCUT2D eigenvalue weighted by atomic mass is 32.2. The van der Waals surface area contributed by atoms with Gasteiger partial charge in [-0.05, 0) is 36.3 Å². The van der Waals surface area contributed by atoms with Gasteiger partial charge in [0.2, 0.25) is 0 Å². The zero-order chi connectivity index (χ0) is 22.0. The van der Waals surface area contributed by atoms with Crippen LogP contribution in [-0.2, 0) is 4.79 Å². The van der Waals surface area contributed by atoms with E-state index in [1.165, 1.54) is 41.7 Å². The van der Waals surface area contributed by atoms with Crippen LogP contribution in [0.25, 0.3) is 6.08 Å². The Morgan fingerprint density at radius 1 is 1.17 bits per heavy atom. The van der Waals surface area contributed by atoms with Crippen LogP contribution in [0.15, 0.2) is 54.3 Å². The lowest BCUT2D eigenvalue weighted by Gasteiger charge is -2.26. The lowest BCUT2D eigenvalue weighted by Crippen LogP contribution is -2.37. The van der Waals surface area contributed by atoms with Gasteiger partial charge >= 0.3 is 0 Å². The average molecular weight is 429 g/mol. The third kappa shape index (κ3) is 9.23. The van der Waals surface area contributed by atoms with Crippen molar-refractivity contribution in [2.75, 3.05) is 65.0 Å². The van der Waals surface area contributed by atoms with Crippen molar-refractivity contribution in [2.45, 2.75) is 19.8 Å². The number of benzene rings is 1. The first kappa shape index (κ1) is 24.3. The van der Waals surface area contributed by atoms with E-state index in [9.17, 15) is 4.79 Å². The molecule has 0 aromatic heterocycles. The topological polar surface area (TPSA) is 23.6 Å². The van der Waals surface area contributed by atoms with E-state index in [4.69, 9.17) is 0 Å². The molecule has 0 radical (unpaired) electrons. The lowest BCUT2D eigenvalue weighted by molar-refractivity contribution is -0.870. The number of quaternary nitrogens is 1. The monoisotopic (exact) mass is 428 g/mol.